The number of aryl methyl sites for hydroxylation is 1. The molecule has 2 aromatic carbocycles. The lowest BCUT2D eigenvalue weighted by Gasteiger charge is -2.14. The molecule has 3 rings (SSSR count). The summed E-state index contributed by atoms with van der Waals surface area (Å²) in [5, 5.41) is 2.80. The summed E-state index contributed by atoms with van der Waals surface area (Å²) >= 11 is 1.53. The van der Waals surface area contributed by atoms with Crippen molar-refractivity contribution in [3.8, 4) is 5.75 Å². The van der Waals surface area contributed by atoms with E-state index in [4.69, 9.17) is 4.74 Å². The van der Waals surface area contributed by atoms with Crippen LogP contribution in [0.3, 0.4) is 0 Å². The number of anilines is 2. The van der Waals surface area contributed by atoms with E-state index in [0.717, 1.165) is 10.5 Å². The smallest absolute Gasteiger partial charge is 0.262 e. The highest BCUT2D eigenvalue weighted by atomic mass is 32.2. The number of amides is 1. The van der Waals surface area contributed by atoms with E-state index in [2.05, 4.69) is 10.0 Å². The lowest BCUT2D eigenvalue weighted by atomic mass is 10.2. The Labute approximate surface area is 157 Å². The molecule has 6 nitrogen and oxygen atoms in total. The van der Waals surface area contributed by atoms with E-state index in [1.165, 1.54) is 24.9 Å². The minimum Gasteiger partial charge on any atom is -0.495 e. The average Bonchev–Trinajstić information content (AvgIpc) is 2.73. The Kier molecular flexibility index (Phi) is 5.15. The summed E-state index contributed by atoms with van der Waals surface area (Å²) in [5.41, 5.74) is 1.79. The van der Waals surface area contributed by atoms with Gasteiger partial charge in [0.05, 0.1) is 23.4 Å². The van der Waals surface area contributed by atoms with Gasteiger partial charge in [-0.05, 0) is 42.8 Å². The highest BCUT2D eigenvalue weighted by Gasteiger charge is 2.23. The van der Waals surface area contributed by atoms with Gasteiger partial charge in [-0.3, -0.25) is 9.52 Å². The van der Waals surface area contributed by atoms with Crippen molar-refractivity contribution in [2.45, 2.75) is 23.6 Å². The topological polar surface area (TPSA) is 84.5 Å². The van der Waals surface area contributed by atoms with E-state index in [9.17, 15) is 13.2 Å². The first kappa shape index (κ1) is 18.6. The molecule has 138 valence electrons. The number of carbonyl (C=O) groups is 1. The van der Waals surface area contributed by atoms with Crippen LogP contribution in [0.1, 0.15) is 12.5 Å². The van der Waals surface area contributed by atoms with Crippen molar-refractivity contribution in [1.82, 2.24) is 0 Å². The number of hydrogen-bond acceptors (Lipinski definition) is 5. The molecule has 0 spiro atoms. The van der Waals surface area contributed by atoms with Crippen molar-refractivity contribution in [2.75, 3.05) is 22.9 Å². The number of benzene rings is 2. The van der Waals surface area contributed by atoms with Crippen molar-refractivity contribution >= 4 is 39.1 Å². The Morgan fingerprint density at radius 1 is 1.23 bits per heavy atom. The molecule has 0 unspecified atom stereocenters. The van der Waals surface area contributed by atoms with Gasteiger partial charge in [0, 0.05) is 16.6 Å². The predicted octanol–water partition coefficient (Wildman–Crippen LogP) is 3.48. The van der Waals surface area contributed by atoms with Gasteiger partial charge in [0.25, 0.3) is 10.0 Å². The van der Waals surface area contributed by atoms with Gasteiger partial charge >= 0.3 is 0 Å². The van der Waals surface area contributed by atoms with Crippen LogP contribution in [-0.2, 0) is 14.8 Å². The lowest BCUT2D eigenvalue weighted by molar-refractivity contribution is -0.118. The predicted molar refractivity (Wildman–Crippen MR) is 103 cm³/mol. The second-order valence-electron chi connectivity index (χ2n) is 6.17. The summed E-state index contributed by atoms with van der Waals surface area (Å²) in [4.78, 5) is 13.0. The number of methoxy groups -OCH3 is 1. The molecule has 2 aromatic rings. The second kappa shape index (κ2) is 7.20. The molecule has 0 aliphatic carbocycles. The van der Waals surface area contributed by atoms with Crippen LogP contribution in [0.2, 0.25) is 0 Å². The fourth-order valence-electron chi connectivity index (χ4n) is 2.55. The molecule has 2 N–H and O–H groups in total. The van der Waals surface area contributed by atoms with Gasteiger partial charge in [0.2, 0.25) is 5.91 Å². The minimum absolute atomic E-state index is 0.0789. The van der Waals surface area contributed by atoms with Crippen molar-refractivity contribution in [3.63, 3.8) is 0 Å². The summed E-state index contributed by atoms with van der Waals surface area (Å²) in [5.74, 6) is 0.844. The van der Waals surface area contributed by atoms with Crippen molar-refractivity contribution in [3.05, 3.63) is 42.0 Å². The lowest BCUT2D eigenvalue weighted by Crippen LogP contribution is -2.20. The number of carbonyl (C=O) groups excluding carboxylic acids is 1. The first-order chi connectivity index (χ1) is 12.3. The molecule has 0 saturated heterocycles. The molecule has 26 heavy (non-hydrogen) atoms. The maximum atomic E-state index is 12.8. The average molecular weight is 393 g/mol. The van der Waals surface area contributed by atoms with Gasteiger partial charge in [0.15, 0.2) is 0 Å². The highest BCUT2D eigenvalue weighted by Crippen LogP contribution is 2.35. The fraction of sp³-hybridized carbons (Fsp3) is 0.278. The molecule has 8 heteroatoms. The molecular weight excluding hydrogens is 372 g/mol. The molecule has 1 aliphatic heterocycles. The standard InChI is InChI=1S/C18H20N2O4S2/c1-11-4-6-16(24-3)14(8-11)20-26(22,23)13-5-7-17-15(9-13)19-18(21)12(2)10-25-17/h4-9,12,20H,10H2,1-3H3,(H,19,21)/t12-/m0/s1. The van der Waals surface area contributed by atoms with Crippen LogP contribution in [0, 0.1) is 12.8 Å². The highest BCUT2D eigenvalue weighted by molar-refractivity contribution is 7.99. The molecule has 1 aliphatic rings. The van der Waals surface area contributed by atoms with Crippen LogP contribution in [0.4, 0.5) is 11.4 Å². The van der Waals surface area contributed by atoms with E-state index in [-0.39, 0.29) is 16.7 Å². The zero-order chi connectivity index (χ0) is 18.9. The normalized spacial score (nSPS) is 17.0. The Morgan fingerprint density at radius 2 is 2.00 bits per heavy atom. The van der Waals surface area contributed by atoms with Gasteiger partial charge in [-0.2, -0.15) is 0 Å². The van der Waals surface area contributed by atoms with Gasteiger partial charge in [0.1, 0.15) is 5.75 Å². The number of nitrogens with one attached hydrogen (secondary N) is 2. The quantitative estimate of drug-likeness (QED) is 0.832. The third-order valence-corrected chi connectivity index (χ3v) is 6.75. The minimum atomic E-state index is -3.83. The van der Waals surface area contributed by atoms with Crippen LogP contribution in [0.15, 0.2) is 46.2 Å². The molecule has 1 atom stereocenters. The van der Waals surface area contributed by atoms with Crippen LogP contribution in [0.5, 0.6) is 5.75 Å². The van der Waals surface area contributed by atoms with Gasteiger partial charge in [-0.1, -0.05) is 13.0 Å². The monoisotopic (exact) mass is 392 g/mol. The van der Waals surface area contributed by atoms with E-state index < -0.39 is 10.0 Å². The Bertz CT molecular complexity index is 958. The number of sulfonamides is 1. The van der Waals surface area contributed by atoms with Crippen LogP contribution in [0.25, 0.3) is 0 Å². The van der Waals surface area contributed by atoms with Gasteiger partial charge in [-0.25, -0.2) is 8.42 Å². The van der Waals surface area contributed by atoms with E-state index in [0.29, 0.717) is 22.9 Å². The van der Waals surface area contributed by atoms with Crippen LogP contribution < -0.4 is 14.8 Å². The Hall–Kier alpha value is -2.19. The summed E-state index contributed by atoms with van der Waals surface area (Å²) in [6.07, 6.45) is 0. The number of rotatable bonds is 4. The van der Waals surface area contributed by atoms with Gasteiger partial charge in [-0.15, -0.1) is 11.8 Å². The maximum absolute atomic E-state index is 12.8. The Morgan fingerprint density at radius 3 is 2.73 bits per heavy atom. The number of thioether (sulfide) groups is 1. The van der Waals surface area contributed by atoms with E-state index in [1.54, 1.807) is 24.3 Å². The van der Waals surface area contributed by atoms with E-state index in [1.807, 2.05) is 19.9 Å². The first-order valence-corrected chi connectivity index (χ1v) is 10.5. The third kappa shape index (κ3) is 3.81. The summed E-state index contributed by atoms with van der Waals surface area (Å²) in [7, 11) is -2.34. The van der Waals surface area contributed by atoms with Crippen molar-refractivity contribution < 1.29 is 17.9 Å². The number of fused-ring (bicyclic) bond motifs is 1. The molecular formula is C18H20N2O4S2. The largest absolute Gasteiger partial charge is 0.495 e. The molecule has 0 bridgehead atoms. The van der Waals surface area contributed by atoms with Crippen molar-refractivity contribution in [2.24, 2.45) is 5.92 Å². The first-order valence-electron chi connectivity index (χ1n) is 8.05. The Balaban J connectivity index is 1.95. The third-order valence-electron chi connectivity index (χ3n) is 4.05. The van der Waals surface area contributed by atoms with Gasteiger partial charge < -0.3 is 10.1 Å². The fourth-order valence-corrected chi connectivity index (χ4v) is 4.65. The molecule has 0 radical (unpaired) electrons. The molecule has 0 fully saturated rings. The van der Waals surface area contributed by atoms with E-state index >= 15 is 0 Å². The zero-order valence-electron chi connectivity index (χ0n) is 14.7. The molecule has 1 amide bonds. The molecule has 0 saturated carbocycles. The SMILES string of the molecule is COc1ccc(C)cc1NS(=O)(=O)c1ccc2c(c1)NC(=O)[C@@H](C)CS2. The number of ether oxygens (including phenoxy) is 1. The van der Waals surface area contributed by atoms with Crippen LogP contribution >= 0.6 is 11.8 Å². The summed E-state index contributed by atoms with van der Waals surface area (Å²) in [6.45, 7) is 3.71. The maximum Gasteiger partial charge on any atom is 0.262 e. The van der Waals surface area contributed by atoms with Crippen molar-refractivity contribution in [1.29, 1.82) is 0 Å². The molecule has 0 aromatic heterocycles. The summed E-state index contributed by atoms with van der Waals surface area (Å²) in [6, 6.07) is 10.0. The second-order valence-corrected chi connectivity index (χ2v) is 8.91. The number of hydrogen-bond donors (Lipinski definition) is 2. The summed E-state index contributed by atoms with van der Waals surface area (Å²) < 4.78 is 33.4. The van der Waals surface area contributed by atoms with Crippen LogP contribution in [-0.4, -0.2) is 27.2 Å². The molecule has 1 heterocycles. The zero-order valence-corrected chi connectivity index (χ0v) is 16.3.